The molecule has 5 heteroatoms. The molecule has 2 N–H and O–H groups in total. The Bertz CT molecular complexity index is 531. The minimum Gasteiger partial charge on any atom is -0.353 e. The number of anilines is 1. The number of benzene rings is 1. The zero-order chi connectivity index (χ0) is 14.7. The van der Waals surface area contributed by atoms with Gasteiger partial charge in [0.05, 0.1) is 5.92 Å². The molecule has 1 aromatic rings. The van der Waals surface area contributed by atoms with Crippen LogP contribution in [0.2, 0.25) is 0 Å². The third-order valence-corrected chi connectivity index (χ3v) is 3.48. The summed E-state index contributed by atoms with van der Waals surface area (Å²) in [7, 11) is 0. The van der Waals surface area contributed by atoms with Gasteiger partial charge in [0.2, 0.25) is 11.8 Å². The summed E-state index contributed by atoms with van der Waals surface area (Å²) in [6.07, 6.45) is 1.97. The Labute approximate surface area is 117 Å². The van der Waals surface area contributed by atoms with Crippen molar-refractivity contribution in [2.75, 3.05) is 5.32 Å². The molecule has 1 aliphatic heterocycles. The van der Waals surface area contributed by atoms with E-state index in [-0.39, 0.29) is 24.3 Å². The first-order valence-corrected chi connectivity index (χ1v) is 6.91. The molecule has 2 unspecified atom stereocenters. The van der Waals surface area contributed by atoms with E-state index >= 15 is 0 Å². The van der Waals surface area contributed by atoms with Crippen molar-refractivity contribution in [1.29, 1.82) is 0 Å². The summed E-state index contributed by atoms with van der Waals surface area (Å²) in [4.78, 5) is 23.9. The van der Waals surface area contributed by atoms with Gasteiger partial charge in [-0.15, -0.1) is 0 Å². The molecule has 4 nitrogen and oxygen atoms in total. The molecule has 0 spiro atoms. The Kier molecular flexibility index (Phi) is 4.37. The predicted octanol–water partition coefficient (Wildman–Crippen LogP) is 2.56. The van der Waals surface area contributed by atoms with E-state index in [1.54, 1.807) is 6.07 Å². The first-order chi connectivity index (χ1) is 9.51. The lowest BCUT2D eigenvalue weighted by Gasteiger charge is -2.26. The van der Waals surface area contributed by atoms with Gasteiger partial charge in [-0.1, -0.05) is 19.4 Å². The van der Waals surface area contributed by atoms with Crippen LogP contribution in [-0.2, 0) is 9.59 Å². The minimum atomic E-state index is -0.543. The van der Waals surface area contributed by atoms with Crippen molar-refractivity contribution in [1.82, 2.24) is 5.32 Å². The number of amides is 2. The smallest absolute Gasteiger partial charge is 0.228 e. The molecule has 1 heterocycles. The van der Waals surface area contributed by atoms with Crippen LogP contribution in [0.4, 0.5) is 10.1 Å². The molecule has 0 saturated heterocycles. The second kappa shape index (κ2) is 6.03. The molecule has 1 aliphatic rings. The van der Waals surface area contributed by atoms with Gasteiger partial charge in [-0.25, -0.2) is 4.39 Å². The molecule has 0 saturated carbocycles. The van der Waals surface area contributed by atoms with E-state index in [1.807, 2.05) is 6.92 Å². The van der Waals surface area contributed by atoms with Crippen LogP contribution < -0.4 is 10.6 Å². The Morgan fingerprint density at radius 1 is 1.55 bits per heavy atom. The largest absolute Gasteiger partial charge is 0.353 e. The molecule has 0 radical (unpaired) electrons. The zero-order valence-corrected chi connectivity index (χ0v) is 11.7. The molecule has 20 heavy (non-hydrogen) atoms. The van der Waals surface area contributed by atoms with E-state index in [1.165, 1.54) is 12.1 Å². The average Bonchev–Trinajstić information content (AvgIpc) is 2.37. The van der Waals surface area contributed by atoms with Crippen molar-refractivity contribution in [3.05, 3.63) is 29.6 Å². The van der Waals surface area contributed by atoms with Gasteiger partial charge in [0.25, 0.3) is 0 Å². The standard InChI is InChI=1S/C15H19FN2O2/c1-3-4-9(2)17-15(20)12-8-14(19)18-13-7-10(16)5-6-11(12)13/h5-7,9,12H,3-4,8H2,1-2H3,(H,17,20)(H,18,19). The fraction of sp³-hybridized carbons (Fsp3) is 0.467. The van der Waals surface area contributed by atoms with Gasteiger partial charge in [-0.2, -0.15) is 0 Å². The first kappa shape index (κ1) is 14.5. The fourth-order valence-corrected chi connectivity index (χ4v) is 2.52. The second-order valence-corrected chi connectivity index (χ2v) is 5.23. The van der Waals surface area contributed by atoms with Crippen molar-refractivity contribution in [3.8, 4) is 0 Å². The Balaban J connectivity index is 2.20. The van der Waals surface area contributed by atoms with Gasteiger partial charge in [0, 0.05) is 18.2 Å². The summed E-state index contributed by atoms with van der Waals surface area (Å²) >= 11 is 0. The van der Waals surface area contributed by atoms with Gasteiger partial charge >= 0.3 is 0 Å². The number of carbonyl (C=O) groups excluding carboxylic acids is 2. The highest BCUT2D eigenvalue weighted by Crippen LogP contribution is 2.32. The molecule has 1 aromatic carbocycles. The molecule has 0 aliphatic carbocycles. The average molecular weight is 278 g/mol. The number of halogens is 1. The molecule has 2 rings (SSSR count). The zero-order valence-electron chi connectivity index (χ0n) is 11.7. The van der Waals surface area contributed by atoms with Crippen LogP contribution in [0.3, 0.4) is 0 Å². The van der Waals surface area contributed by atoms with Crippen LogP contribution in [0.15, 0.2) is 18.2 Å². The maximum Gasteiger partial charge on any atom is 0.228 e. The third kappa shape index (κ3) is 3.15. The number of hydrogen-bond donors (Lipinski definition) is 2. The Morgan fingerprint density at radius 2 is 2.30 bits per heavy atom. The molecular formula is C15H19FN2O2. The molecular weight excluding hydrogens is 259 g/mol. The summed E-state index contributed by atoms with van der Waals surface area (Å²) in [5.74, 6) is -1.40. The highest BCUT2D eigenvalue weighted by molar-refractivity contribution is 6.01. The van der Waals surface area contributed by atoms with Gasteiger partial charge in [-0.05, 0) is 31.0 Å². The minimum absolute atomic E-state index is 0.0707. The number of carbonyl (C=O) groups is 2. The lowest BCUT2D eigenvalue weighted by atomic mass is 9.89. The van der Waals surface area contributed by atoms with Crippen LogP contribution in [0.1, 0.15) is 44.6 Å². The van der Waals surface area contributed by atoms with Gasteiger partial charge in [0.15, 0.2) is 0 Å². The van der Waals surface area contributed by atoms with E-state index in [0.717, 1.165) is 12.8 Å². The Morgan fingerprint density at radius 3 is 3.00 bits per heavy atom. The molecule has 0 bridgehead atoms. The van der Waals surface area contributed by atoms with Gasteiger partial charge in [-0.3, -0.25) is 9.59 Å². The Hall–Kier alpha value is -1.91. The first-order valence-electron chi connectivity index (χ1n) is 6.91. The van der Waals surface area contributed by atoms with Crippen LogP contribution in [0, 0.1) is 5.82 Å². The van der Waals surface area contributed by atoms with Crippen molar-refractivity contribution in [2.45, 2.75) is 45.1 Å². The van der Waals surface area contributed by atoms with Crippen molar-refractivity contribution < 1.29 is 14.0 Å². The highest BCUT2D eigenvalue weighted by atomic mass is 19.1. The SMILES string of the molecule is CCCC(C)NC(=O)C1CC(=O)Nc2cc(F)ccc21. The maximum absolute atomic E-state index is 13.2. The lowest BCUT2D eigenvalue weighted by Crippen LogP contribution is -2.39. The maximum atomic E-state index is 13.2. The summed E-state index contributed by atoms with van der Waals surface area (Å²) in [5.41, 5.74) is 1.07. The monoisotopic (exact) mass is 278 g/mol. The molecule has 0 aromatic heterocycles. The fourth-order valence-electron chi connectivity index (χ4n) is 2.52. The number of fused-ring (bicyclic) bond motifs is 1. The summed E-state index contributed by atoms with van der Waals surface area (Å²) in [6, 6.07) is 4.20. The predicted molar refractivity (Wildman–Crippen MR) is 74.9 cm³/mol. The van der Waals surface area contributed by atoms with Gasteiger partial charge < -0.3 is 10.6 Å². The molecule has 2 atom stereocenters. The third-order valence-electron chi connectivity index (χ3n) is 3.48. The van der Waals surface area contributed by atoms with Gasteiger partial charge in [0.1, 0.15) is 5.82 Å². The van der Waals surface area contributed by atoms with Crippen molar-refractivity contribution in [2.24, 2.45) is 0 Å². The normalized spacial score (nSPS) is 18.9. The molecule has 0 fully saturated rings. The quantitative estimate of drug-likeness (QED) is 0.889. The number of nitrogens with one attached hydrogen (secondary N) is 2. The molecule has 108 valence electrons. The van der Waals surface area contributed by atoms with E-state index in [2.05, 4.69) is 17.6 Å². The molecule has 2 amide bonds. The van der Waals surface area contributed by atoms with E-state index in [9.17, 15) is 14.0 Å². The van der Waals surface area contributed by atoms with Crippen LogP contribution in [0.5, 0.6) is 0 Å². The van der Waals surface area contributed by atoms with E-state index in [0.29, 0.717) is 11.3 Å². The van der Waals surface area contributed by atoms with Crippen LogP contribution in [-0.4, -0.2) is 17.9 Å². The van der Waals surface area contributed by atoms with Crippen LogP contribution >= 0.6 is 0 Å². The van der Waals surface area contributed by atoms with Crippen molar-refractivity contribution >= 4 is 17.5 Å². The second-order valence-electron chi connectivity index (χ2n) is 5.23. The van der Waals surface area contributed by atoms with E-state index in [4.69, 9.17) is 0 Å². The summed E-state index contributed by atoms with van der Waals surface area (Å²) < 4.78 is 13.2. The van der Waals surface area contributed by atoms with Crippen molar-refractivity contribution in [3.63, 3.8) is 0 Å². The summed E-state index contributed by atoms with van der Waals surface area (Å²) in [5, 5.41) is 5.52. The number of hydrogen-bond acceptors (Lipinski definition) is 2. The number of rotatable bonds is 4. The highest BCUT2D eigenvalue weighted by Gasteiger charge is 2.31. The topological polar surface area (TPSA) is 58.2 Å². The summed E-state index contributed by atoms with van der Waals surface area (Å²) in [6.45, 7) is 3.99. The van der Waals surface area contributed by atoms with Crippen LogP contribution in [0.25, 0.3) is 0 Å². The van der Waals surface area contributed by atoms with E-state index < -0.39 is 11.7 Å². The lowest BCUT2D eigenvalue weighted by molar-refractivity contribution is -0.126.